The molecule has 17 heavy (non-hydrogen) atoms. The number of ether oxygens (including phenoxy) is 1. The molecule has 1 aromatic heterocycles. The first-order valence-electron chi connectivity index (χ1n) is 4.01. The highest BCUT2D eigenvalue weighted by atomic mass is 127. The van der Waals surface area contributed by atoms with Gasteiger partial charge < -0.3 is 4.74 Å². The van der Waals surface area contributed by atoms with Gasteiger partial charge in [0.2, 0.25) is 5.88 Å². The van der Waals surface area contributed by atoms with Crippen LogP contribution >= 0.6 is 22.6 Å². The van der Waals surface area contributed by atoms with E-state index in [4.69, 9.17) is 0 Å². The van der Waals surface area contributed by atoms with Crippen molar-refractivity contribution in [2.24, 2.45) is 0 Å². The molecular formula is C8H4F6INO. The minimum absolute atomic E-state index is 0.198. The fraction of sp³-hybridized carbons (Fsp3) is 0.375. The lowest BCUT2D eigenvalue weighted by atomic mass is 10.1. The van der Waals surface area contributed by atoms with Crippen LogP contribution < -0.4 is 4.74 Å². The van der Waals surface area contributed by atoms with Crippen molar-refractivity contribution in [2.75, 3.05) is 0 Å². The van der Waals surface area contributed by atoms with E-state index in [0.717, 1.165) is 6.92 Å². The van der Waals surface area contributed by atoms with Crippen LogP contribution in [-0.2, 0) is 6.18 Å². The van der Waals surface area contributed by atoms with Crippen LogP contribution in [0.1, 0.15) is 11.1 Å². The summed E-state index contributed by atoms with van der Waals surface area (Å²) in [6, 6.07) is 0.227. The number of nitrogens with zero attached hydrogens (tertiary/aromatic N) is 1. The Balaban J connectivity index is 3.25. The zero-order valence-electron chi connectivity index (χ0n) is 8.08. The molecule has 0 bridgehead atoms. The molecule has 1 rings (SSSR count). The third-order valence-electron chi connectivity index (χ3n) is 1.72. The van der Waals surface area contributed by atoms with E-state index >= 15 is 0 Å². The molecule has 0 radical (unpaired) electrons. The SMILES string of the molecule is Cc1c(C(F)(F)F)cc(OC(F)(F)F)nc1I. The van der Waals surface area contributed by atoms with E-state index in [1.165, 1.54) is 22.6 Å². The predicted molar refractivity (Wildman–Crippen MR) is 53.4 cm³/mol. The van der Waals surface area contributed by atoms with Gasteiger partial charge >= 0.3 is 12.5 Å². The van der Waals surface area contributed by atoms with E-state index in [-0.39, 0.29) is 15.3 Å². The van der Waals surface area contributed by atoms with Gasteiger partial charge in [-0.15, -0.1) is 13.2 Å². The Morgan fingerprint density at radius 3 is 2.12 bits per heavy atom. The van der Waals surface area contributed by atoms with E-state index in [1.54, 1.807) is 0 Å². The smallest absolute Gasteiger partial charge is 0.388 e. The van der Waals surface area contributed by atoms with Crippen molar-refractivity contribution in [3.8, 4) is 5.88 Å². The number of pyridine rings is 1. The van der Waals surface area contributed by atoms with Crippen LogP contribution in [0.2, 0.25) is 0 Å². The first kappa shape index (κ1) is 14.3. The Hall–Kier alpha value is -0.740. The fourth-order valence-corrected chi connectivity index (χ4v) is 1.55. The Bertz CT molecular complexity index is 427. The summed E-state index contributed by atoms with van der Waals surface area (Å²) in [5.74, 6) is -1.13. The molecule has 2 nitrogen and oxygen atoms in total. The van der Waals surface area contributed by atoms with Crippen LogP contribution in [0.25, 0.3) is 0 Å². The van der Waals surface area contributed by atoms with Gasteiger partial charge in [-0.3, -0.25) is 0 Å². The van der Waals surface area contributed by atoms with Gasteiger partial charge in [-0.05, 0) is 35.1 Å². The van der Waals surface area contributed by atoms with Crippen molar-refractivity contribution in [3.63, 3.8) is 0 Å². The van der Waals surface area contributed by atoms with Gasteiger partial charge in [-0.25, -0.2) is 4.98 Å². The molecule has 9 heteroatoms. The lowest BCUT2D eigenvalue weighted by Gasteiger charge is -2.14. The summed E-state index contributed by atoms with van der Waals surface area (Å²) in [7, 11) is 0. The maximum atomic E-state index is 12.5. The van der Waals surface area contributed by atoms with Crippen LogP contribution in [0.3, 0.4) is 0 Å². The molecule has 0 saturated carbocycles. The minimum Gasteiger partial charge on any atom is -0.388 e. The van der Waals surface area contributed by atoms with Gasteiger partial charge in [0.05, 0.1) is 5.56 Å². The van der Waals surface area contributed by atoms with Crippen molar-refractivity contribution >= 4 is 22.6 Å². The van der Waals surface area contributed by atoms with Crippen molar-refractivity contribution in [1.82, 2.24) is 4.98 Å². The maximum absolute atomic E-state index is 12.5. The average molecular weight is 371 g/mol. The Morgan fingerprint density at radius 1 is 1.18 bits per heavy atom. The molecule has 0 aromatic carbocycles. The summed E-state index contributed by atoms with van der Waals surface area (Å²) in [5, 5.41) is 0. The quantitative estimate of drug-likeness (QED) is 0.424. The van der Waals surface area contributed by atoms with Crippen molar-refractivity contribution < 1.29 is 31.1 Å². The summed E-state index contributed by atoms with van der Waals surface area (Å²) in [5.41, 5.74) is -1.44. The van der Waals surface area contributed by atoms with Crippen LogP contribution in [-0.4, -0.2) is 11.3 Å². The lowest BCUT2D eigenvalue weighted by molar-refractivity contribution is -0.276. The van der Waals surface area contributed by atoms with Crippen LogP contribution in [0.4, 0.5) is 26.3 Å². The molecule has 0 unspecified atom stereocenters. The zero-order valence-corrected chi connectivity index (χ0v) is 10.2. The number of alkyl halides is 6. The number of halogens is 7. The van der Waals surface area contributed by atoms with Gasteiger partial charge in [0.1, 0.15) is 3.70 Å². The number of aromatic nitrogens is 1. The Kier molecular flexibility index (Phi) is 3.79. The highest BCUT2D eigenvalue weighted by Crippen LogP contribution is 2.35. The molecule has 0 fully saturated rings. The second-order valence-corrected chi connectivity index (χ2v) is 3.99. The molecule has 0 saturated heterocycles. The molecular weight excluding hydrogens is 367 g/mol. The molecule has 0 aliphatic rings. The number of hydrogen-bond donors (Lipinski definition) is 0. The van der Waals surface area contributed by atoms with E-state index in [9.17, 15) is 26.3 Å². The van der Waals surface area contributed by atoms with Crippen molar-refractivity contribution in [1.29, 1.82) is 0 Å². The van der Waals surface area contributed by atoms with Crippen molar-refractivity contribution in [2.45, 2.75) is 19.5 Å². The summed E-state index contributed by atoms with van der Waals surface area (Å²) >= 11 is 1.41. The lowest BCUT2D eigenvalue weighted by Crippen LogP contribution is -2.19. The van der Waals surface area contributed by atoms with Gasteiger partial charge in [0, 0.05) is 6.07 Å². The Labute approximate surface area is 105 Å². The topological polar surface area (TPSA) is 22.1 Å². The van der Waals surface area contributed by atoms with Gasteiger partial charge in [-0.2, -0.15) is 13.2 Å². The first-order chi connectivity index (χ1) is 7.50. The van der Waals surface area contributed by atoms with Crippen LogP contribution in [0, 0.1) is 10.6 Å². The number of rotatable bonds is 1. The second-order valence-electron chi connectivity index (χ2n) is 2.97. The van der Waals surface area contributed by atoms with E-state index < -0.39 is 24.0 Å². The highest BCUT2D eigenvalue weighted by molar-refractivity contribution is 14.1. The van der Waals surface area contributed by atoms with Crippen LogP contribution in [0.15, 0.2) is 6.07 Å². The number of hydrogen-bond acceptors (Lipinski definition) is 2. The van der Waals surface area contributed by atoms with E-state index in [2.05, 4.69) is 9.72 Å². The summed E-state index contributed by atoms with van der Waals surface area (Å²) in [6.45, 7) is 1.12. The molecule has 1 heterocycles. The molecule has 0 aliphatic carbocycles. The van der Waals surface area contributed by atoms with E-state index in [0.29, 0.717) is 0 Å². The third kappa shape index (κ3) is 3.89. The average Bonchev–Trinajstić information content (AvgIpc) is 2.06. The van der Waals surface area contributed by atoms with Gasteiger partial charge in [0.15, 0.2) is 0 Å². The first-order valence-corrected chi connectivity index (χ1v) is 5.08. The third-order valence-corrected chi connectivity index (χ3v) is 2.77. The standard InChI is InChI=1S/C8H4F6INO/c1-3-4(7(9,10)11)2-5(16-6(3)15)17-8(12,13)14/h2H,1H3. The van der Waals surface area contributed by atoms with Gasteiger partial charge in [-0.1, -0.05) is 0 Å². The summed E-state index contributed by atoms with van der Waals surface area (Å²) in [6.07, 6.45) is -9.83. The molecule has 0 amide bonds. The molecule has 0 aliphatic heterocycles. The largest absolute Gasteiger partial charge is 0.574 e. The summed E-state index contributed by atoms with van der Waals surface area (Å²) in [4.78, 5) is 3.28. The monoisotopic (exact) mass is 371 g/mol. The molecule has 0 atom stereocenters. The predicted octanol–water partition coefficient (Wildman–Crippen LogP) is 3.91. The fourth-order valence-electron chi connectivity index (χ4n) is 1.02. The van der Waals surface area contributed by atoms with Crippen molar-refractivity contribution in [3.05, 3.63) is 20.9 Å². The highest BCUT2D eigenvalue weighted by Gasteiger charge is 2.37. The molecule has 0 spiro atoms. The second kappa shape index (κ2) is 4.50. The molecule has 1 aromatic rings. The Morgan fingerprint density at radius 2 is 1.71 bits per heavy atom. The van der Waals surface area contributed by atoms with Crippen LogP contribution in [0.5, 0.6) is 5.88 Å². The maximum Gasteiger partial charge on any atom is 0.574 e. The summed E-state index contributed by atoms with van der Waals surface area (Å²) < 4.78 is 76.1. The normalized spacial score (nSPS) is 12.7. The molecule has 0 N–H and O–H groups in total. The zero-order chi connectivity index (χ0) is 13.4. The minimum atomic E-state index is -5.08. The van der Waals surface area contributed by atoms with E-state index in [1.807, 2.05) is 0 Å². The van der Waals surface area contributed by atoms with Gasteiger partial charge in [0.25, 0.3) is 0 Å². The molecule has 96 valence electrons.